The number of esters is 1. The van der Waals surface area contributed by atoms with Gasteiger partial charge in [0.15, 0.2) is 0 Å². The van der Waals surface area contributed by atoms with Gasteiger partial charge in [0.2, 0.25) is 0 Å². The first-order valence-electron chi connectivity index (χ1n) is 29.8. The van der Waals surface area contributed by atoms with Crippen LogP contribution >= 0.6 is 0 Å². The van der Waals surface area contributed by atoms with Crippen molar-refractivity contribution in [3.63, 3.8) is 0 Å². The molecule has 2 aromatic heterocycles. The van der Waals surface area contributed by atoms with Gasteiger partial charge in [0.05, 0.1) is 24.6 Å². The minimum absolute atomic E-state index is 0.0472. The number of pyridine rings is 1. The van der Waals surface area contributed by atoms with Gasteiger partial charge in [-0.05, 0) is 151 Å². The molecule has 3 atom stereocenters. The smallest absolute Gasteiger partial charge is 0.410 e. The molecule has 20 heteroatoms. The molecule has 0 unspecified atom stereocenters. The number of alkyl halides is 3. The summed E-state index contributed by atoms with van der Waals surface area (Å²) in [5.74, 6) is -0.589. The summed E-state index contributed by atoms with van der Waals surface area (Å²) in [6.07, 6.45) is -2.60. The summed E-state index contributed by atoms with van der Waals surface area (Å²) in [6, 6.07) is 20.5. The molecule has 2 saturated heterocycles. The molecule has 0 saturated carbocycles. The molecule has 0 radical (unpaired) electrons. The Hall–Kier alpha value is -6.48. The first-order chi connectivity index (χ1) is 40.0. The van der Waals surface area contributed by atoms with E-state index in [4.69, 9.17) is 28.4 Å². The normalized spacial score (nSPS) is 16.5. The fourth-order valence-corrected chi connectivity index (χ4v) is 17.6. The molecule has 3 aromatic carbocycles. The summed E-state index contributed by atoms with van der Waals surface area (Å²) in [5, 5.41) is 15.6. The molecule has 3 amide bonds. The fourth-order valence-electron chi connectivity index (χ4n) is 12.4. The minimum Gasteiger partial charge on any atom is -0.543 e. The highest BCUT2D eigenvalue weighted by Gasteiger charge is 2.47. The average molecular weight is 1200 g/mol. The highest BCUT2D eigenvalue weighted by molar-refractivity contribution is 6.78. The Kier molecular flexibility index (Phi) is 21.4. The predicted molar refractivity (Wildman–Crippen MR) is 325 cm³/mol. The number of carbonyl (C=O) groups excluding carboxylic acids is 4. The number of piperidine rings is 1. The minimum atomic E-state index is -4.67. The lowest BCUT2D eigenvalue weighted by Crippen LogP contribution is -2.60. The van der Waals surface area contributed by atoms with Crippen molar-refractivity contribution in [1.82, 2.24) is 30.2 Å². The molecule has 2 aliphatic rings. The number of rotatable bonds is 21. The van der Waals surface area contributed by atoms with Gasteiger partial charge in [-0.25, -0.2) is 15.0 Å². The Bertz CT molecular complexity index is 3110. The van der Waals surface area contributed by atoms with Crippen molar-refractivity contribution < 1.29 is 60.8 Å². The number of nitrogens with zero attached hydrogens (tertiary/aromatic N) is 4. The SMILES string of the molecule is COC(=O)[C@@H]1CCCN(C(=O)[C@H](Cc2cc(O[Si](C(C)C)(C(C)C)C(C)C)cc(-c3ccc4c(c3)c(CC(C)(C)CO)c(-c3cc(C5CCN(C(=O)OCc6ccccc6)CC5)cnc3[C@H](C)OC)n4CC(F)(F)F)c2)NC(=O)OC(C)(C)C)N1. The summed E-state index contributed by atoms with van der Waals surface area (Å²) in [6.45, 7) is 23.4. The van der Waals surface area contributed by atoms with Crippen LogP contribution in [0.25, 0.3) is 33.3 Å². The second-order valence-electron chi connectivity index (χ2n) is 25.7. The number of aliphatic hydroxyl groups excluding tert-OH is 1. The van der Waals surface area contributed by atoms with Crippen LogP contribution in [0.15, 0.2) is 79.0 Å². The van der Waals surface area contributed by atoms with E-state index in [0.717, 1.165) is 11.1 Å². The second-order valence-corrected chi connectivity index (χ2v) is 31.0. The van der Waals surface area contributed by atoms with Crippen LogP contribution in [0.5, 0.6) is 5.75 Å². The van der Waals surface area contributed by atoms with Crippen LogP contribution < -0.4 is 15.2 Å². The van der Waals surface area contributed by atoms with Crippen molar-refractivity contribution in [2.45, 2.75) is 187 Å². The second kappa shape index (κ2) is 27.5. The van der Waals surface area contributed by atoms with E-state index in [1.54, 1.807) is 44.0 Å². The van der Waals surface area contributed by atoms with Crippen molar-refractivity contribution in [1.29, 1.82) is 0 Å². The summed E-state index contributed by atoms with van der Waals surface area (Å²) in [7, 11) is 0.134. The standard InChI is InChI=1S/C65H89F3N6O10Si/c1-40(2)85(41(3)4,42(5)6)84-50-30-45(31-55(70-61(78)83-63(8,9)10)59(76)74-26-18-21-54(71-74)60(77)81-14)29-48(32-50)47-22-23-56-51(33-47)53(35-64(11,12)39-75)58(73(56)38-65(66,67)68)52-34-49(36-69-57(52)43(7)80-13)46-24-27-72(28-25-46)62(79)82-37-44-19-16-15-17-20-44/h15-17,19-20,22-23,29-30,32-34,36,40-43,46,54-55,71,75H,18,21,24-28,31,35,37-39H2,1-14H3,(H,70,78)/t43-,54-,55-/m0/s1. The lowest BCUT2D eigenvalue weighted by Gasteiger charge is -2.42. The van der Waals surface area contributed by atoms with Crippen LogP contribution in [-0.4, -0.2) is 121 Å². The maximum Gasteiger partial charge on any atom is 0.410 e. The molecular formula is C65H89F3N6O10Si. The molecular weight excluding hydrogens is 1110 g/mol. The Labute approximate surface area is 500 Å². The van der Waals surface area contributed by atoms with Crippen LogP contribution in [-0.2, 0) is 54.5 Å². The van der Waals surface area contributed by atoms with Crippen molar-refractivity contribution in [2.24, 2.45) is 5.41 Å². The molecule has 7 rings (SSSR count). The molecule has 0 bridgehead atoms. The van der Waals surface area contributed by atoms with Gasteiger partial charge in [0, 0.05) is 62.4 Å². The predicted octanol–water partition coefficient (Wildman–Crippen LogP) is 13.4. The Morgan fingerprint density at radius 2 is 1.49 bits per heavy atom. The molecule has 85 heavy (non-hydrogen) atoms. The van der Waals surface area contributed by atoms with Crippen LogP contribution in [0.2, 0.25) is 16.6 Å². The lowest BCUT2D eigenvalue weighted by molar-refractivity contribution is -0.150. The monoisotopic (exact) mass is 1200 g/mol. The van der Waals surface area contributed by atoms with Crippen LogP contribution in [0.3, 0.4) is 0 Å². The molecule has 2 aliphatic heterocycles. The van der Waals surface area contributed by atoms with E-state index in [-0.39, 0.29) is 55.1 Å². The number of aromatic nitrogens is 2. The number of hydrogen-bond donors (Lipinski definition) is 3. The van der Waals surface area contributed by atoms with Gasteiger partial charge in [0.25, 0.3) is 14.2 Å². The molecule has 2 fully saturated rings. The molecule has 464 valence electrons. The third-order valence-electron chi connectivity index (χ3n) is 16.6. The highest BCUT2D eigenvalue weighted by Crippen LogP contribution is 2.47. The average Bonchev–Trinajstić information content (AvgIpc) is 2.39. The van der Waals surface area contributed by atoms with Crippen molar-refractivity contribution in [3.05, 3.63) is 107 Å². The van der Waals surface area contributed by atoms with Crippen molar-refractivity contribution >= 4 is 43.3 Å². The van der Waals surface area contributed by atoms with E-state index in [2.05, 4.69) is 52.3 Å². The van der Waals surface area contributed by atoms with Gasteiger partial charge in [-0.3, -0.25) is 19.6 Å². The van der Waals surface area contributed by atoms with E-state index in [9.17, 15) is 24.3 Å². The summed E-state index contributed by atoms with van der Waals surface area (Å²) < 4.78 is 77.0. The number of benzene rings is 3. The van der Waals surface area contributed by atoms with Gasteiger partial charge in [-0.2, -0.15) is 13.2 Å². The van der Waals surface area contributed by atoms with E-state index < -0.39 is 74.3 Å². The molecule has 3 N–H and O–H groups in total. The Balaban J connectivity index is 1.40. The number of aliphatic hydroxyl groups is 1. The zero-order valence-corrected chi connectivity index (χ0v) is 53.1. The largest absolute Gasteiger partial charge is 0.543 e. The van der Waals surface area contributed by atoms with Crippen LogP contribution in [0.1, 0.15) is 149 Å². The van der Waals surface area contributed by atoms with Crippen LogP contribution in [0, 0.1) is 5.41 Å². The highest BCUT2D eigenvalue weighted by atomic mass is 28.4. The summed E-state index contributed by atoms with van der Waals surface area (Å²) in [5.41, 5.74) is 7.45. The fraction of sp³-hybridized carbons (Fsp3) is 0.554. The van der Waals surface area contributed by atoms with E-state index in [0.29, 0.717) is 94.6 Å². The molecule has 0 aliphatic carbocycles. The number of hydrazine groups is 1. The number of hydrogen-bond acceptors (Lipinski definition) is 12. The van der Waals surface area contributed by atoms with Gasteiger partial charge >= 0.3 is 24.3 Å². The number of ether oxygens (including phenoxy) is 4. The van der Waals surface area contributed by atoms with Crippen molar-refractivity contribution in [3.8, 4) is 28.1 Å². The number of likely N-dealkylation sites (tertiary alicyclic amines) is 1. The Morgan fingerprint density at radius 3 is 2.09 bits per heavy atom. The quantitative estimate of drug-likeness (QED) is 0.0360. The topological polar surface area (TPSA) is 183 Å². The van der Waals surface area contributed by atoms with E-state index in [1.165, 1.54) is 23.8 Å². The number of carbonyl (C=O) groups is 4. The van der Waals surface area contributed by atoms with Crippen LogP contribution in [0.4, 0.5) is 22.8 Å². The summed E-state index contributed by atoms with van der Waals surface area (Å²) in [4.78, 5) is 61.0. The molecule has 5 aromatic rings. The first-order valence-corrected chi connectivity index (χ1v) is 31.9. The van der Waals surface area contributed by atoms with Crippen molar-refractivity contribution in [2.75, 3.05) is 40.5 Å². The zero-order chi connectivity index (χ0) is 62.3. The number of halogens is 3. The molecule has 4 heterocycles. The third kappa shape index (κ3) is 16.1. The molecule has 16 nitrogen and oxygen atoms in total. The van der Waals surface area contributed by atoms with Gasteiger partial charge in [-0.1, -0.05) is 97.9 Å². The third-order valence-corrected chi connectivity index (χ3v) is 22.6. The Morgan fingerprint density at radius 1 is 0.824 bits per heavy atom. The van der Waals surface area contributed by atoms with E-state index >= 15 is 13.2 Å². The number of methoxy groups -OCH3 is 2. The number of nitrogens with one attached hydrogen (secondary N) is 2. The van der Waals surface area contributed by atoms with E-state index in [1.807, 2.05) is 81.4 Å². The van der Waals surface area contributed by atoms with Gasteiger partial charge < -0.3 is 43.3 Å². The summed E-state index contributed by atoms with van der Waals surface area (Å²) >= 11 is 0. The van der Waals surface area contributed by atoms with Gasteiger partial charge in [0.1, 0.15) is 36.6 Å². The molecule has 0 spiro atoms. The van der Waals surface area contributed by atoms with Gasteiger partial charge in [-0.15, -0.1) is 0 Å². The zero-order valence-electron chi connectivity index (χ0n) is 52.1. The number of amides is 3. The lowest BCUT2D eigenvalue weighted by atomic mass is 9.83. The maximum absolute atomic E-state index is 15.3. The number of alkyl carbamates (subject to hydrolysis) is 1. The number of fused-ring (bicyclic) bond motifs is 1. The maximum atomic E-state index is 15.3. The first kappa shape index (κ1) is 66.0.